The molecule has 0 bridgehead atoms. The molecule has 0 fully saturated rings. The minimum absolute atomic E-state index is 0.148. The minimum atomic E-state index is -0.220. The summed E-state index contributed by atoms with van der Waals surface area (Å²) < 4.78 is 18.9. The number of ether oxygens (including phenoxy) is 1. The van der Waals surface area contributed by atoms with Crippen LogP contribution < -0.4 is 10.1 Å². The SMILES string of the molecule is CC(C)Oc1ccc(NC2=NCN(C(C)C)CN2Cc2ccc(F)cc2)cc1. The van der Waals surface area contributed by atoms with Crippen molar-refractivity contribution in [3.63, 3.8) is 0 Å². The van der Waals surface area contributed by atoms with Crippen LogP contribution >= 0.6 is 0 Å². The van der Waals surface area contributed by atoms with E-state index in [1.54, 1.807) is 0 Å². The number of nitrogens with one attached hydrogen (secondary N) is 1. The van der Waals surface area contributed by atoms with E-state index < -0.39 is 0 Å². The highest BCUT2D eigenvalue weighted by Gasteiger charge is 2.22. The third kappa shape index (κ3) is 5.45. The van der Waals surface area contributed by atoms with Crippen molar-refractivity contribution in [2.45, 2.75) is 46.4 Å². The molecular weight excluding hydrogens is 355 g/mol. The van der Waals surface area contributed by atoms with Gasteiger partial charge in [0.2, 0.25) is 5.96 Å². The fourth-order valence-corrected chi connectivity index (χ4v) is 2.99. The molecule has 0 saturated heterocycles. The lowest BCUT2D eigenvalue weighted by Crippen LogP contribution is -2.50. The maximum atomic E-state index is 13.2. The van der Waals surface area contributed by atoms with Crippen LogP contribution in [0.2, 0.25) is 0 Å². The van der Waals surface area contributed by atoms with Gasteiger partial charge in [-0.1, -0.05) is 12.1 Å². The van der Waals surface area contributed by atoms with Crippen LogP contribution in [0.1, 0.15) is 33.3 Å². The molecule has 150 valence electrons. The first kappa shape index (κ1) is 20.1. The van der Waals surface area contributed by atoms with Gasteiger partial charge >= 0.3 is 0 Å². The molecule has 0 spiro atoms. The first-order chi connectivity index (χ1) is 13.4. The van der Waals surface area contributed by atoms with E-state index in [2.05, 4.69) is 29.0 Å². The van der Waals surface area contributed by atoms with Crippen LogP contribution in [0.5, 0.6) is 5.75 Å². The van der Waals surface area contributed by atoms with E-state index >= 15 is 0 Å². The number of aliphatic imine (C=N–C) groups is 1. The molecule has 2 aromatic rings. The average Bonchev–Trinajstić information content (AvgIpc) is 2.66. The van der Waals surface area contributed by atoms with Gasteiger partial charge in [0, 0.05) is 18.3 Å². The summed E-state index contributed by atoms with van der Waals surface area (Å²) in [5, 5.41) is 3.42. The lowest BCUT2D eigenvalue weighted by molar-refractivity contribution is 0.134. The highest BCUT2D eigenvalue weighted by atomic mass is 19.1. The van der Waals surface area contributed by atoms with E-state index in [1.807, 2.05) is 50.2 Å². The first-order valence-corrected chi connectivity index (χ1v) is 9.72. The fraction of sp³-hybridized carbons (Fsp3) is 0.409. The molecule has 1 heterocycles. The summed E-state index contributed by atoms with van der Waals surface area (Å²) in [6.07, 6.45) is 0.148. The zero-order valence-electron chi connectivity index (χ0n) is 17.0. The Morgan fingerprint density at radius 2 is 1.71 bits per heavy atom. The number of rotatable bonds is 6. The van der Waals surface area contributed by atoms with Crippen LogP contribution in [0.3, 0.4) is 0 Å². The van der Waals surface area contributed by atoms with Crippen molar-refractivity contribution in [2.75, 3.05) is 18.7 Å². The minimum Gasteiger partial charge on any atom is -0.491 e. The Labute approximate surface area is 166 Å². The second-order valence-corrected chi connectivity index (χ2v) is 7.59. The van der Waals surface area contributed by atoms with Gasteiger partial charge in [-0.05, 0) is 69.7 Å². The molecule has 0 unspecified atom stereocenters. The fourth-order valence-electron chi connectivity index (χ4n) is 2.99. The molecule has 1 N–H and O–H groups in total. The number of hydrogen-bond acceptors (Lipinski definition) is 5. The van der Waals surface area contributed by atoms with E-state index in [-0.39, 0.29) is 11.9 Å². The second-order valence-electron chi connectivity index (χ2n) is 7.59. The second kappa shape index (κ2) is 9.06. The largest absolute Gasteiger partial charge is 0.491 e. The monoisotopic (exact) mass is 384 g/mol. The van der Waals surface area contributed by atoms with Crippen molar-refractivity contribution in [3.8, 4) is 5.75 Å². The van der Waals surface area contributed by atoms with Crippen molar-refractivity contribution in [1.82, 2.24) is 9.80 Å². The summed E-state index contributed by atoms with van der Waals surface area (Å²) >= 11 is 0. The Morgan fingerprint density at radius 3 is 2.32 bits per heavy atom. The highest BCUT2D eigenvalue weighted by Crippen LogP contribution is 2.19. The molecule has 0 atom stereocenters. The van der Waals surface area contributed by atoms with Crippen LogP contribution in [0.15, 0.2) is 53.5 Å². The Kier molecular flexibility index (Phi) is 6.52. The summed E-state index contributed by atoms with van der Waals surface area (Å²) in [5.74, 6) is 1.45. The van der Waals surface area contributed by atoms with Gasteiger partial charge in [-0.25, -0.2) is 9.38 Å². The normalized spacial score (nSPS) is 15.1. The number of nitrogens with zero attached hydrogens (tertiary/aromatic N) is 3. The molecule has 1 aliphatic heterocycles. The molecule has 1 aliphatic rings. The van der Waals surface area contributed by atoms with Crippen LogP contribution in [0, 0.1) is 5.82 Å². The standard InChI is InChI=1S/C22H29FN4O/c1-16(2)27-14-24-22(25-20-9-11-21(12-10-20)28-17(3)4)26(15-27)13-18-5-7-19(23)8-6-18/h5-12,16-17H,13-15H2,1-4H3,(H,24,25). The molecule has 6 heteroatoms. The molecular formula is C22H29FN4O. The molecule has 28 heavy (non-hydrogen) atoms. The molecule has 0 aliphatic carbocycles. The Morgan fingerprint density at radius 1 is 1.04 bits per heavy atom. The van der Waals surface area contributed by atoms with Gasteiger partial charge in [0.05, 0.1) is 19.4 Å². The quantitative estimate of drug-likeness (QED) is 0.795. The predicted molar refractivity (Wildman–Crippen MR) is 112 cm³/mol. The van der Waals surface area contributed by atoms with Crippen LogP contribution in [0.25, 0.3) is 0 Å². The molecule has 2 aromatic carbocycles. The number of anilines is 1. The third-order valence-corrected chi connectivity index (χ3v) is 4.55. The predicted octanol–water partition coefficient (Wildman–Crippen LogP) is 4.52. The van der Waals surface area contributed by atoms with Crippen LogP contribution in [-0.4, -0.2) is 41.2 Å². The number of guanidine groups is 1. The van der Waals surface area contributed by atoms with E-state index in [4.69, 9.17) is 9.73 Å². The molecule has 3 rings (SSSR count). The molecule has 0 aromatic heterocycles. The van der Waals surface area contributed by atoms with Gasteiger partial charge in [-0.15, -0.1) is 0 Å². The summed E-state index contributed by atoms with van der Waals surface area (Å²) in [5.41, 5.74) is 2.00. The third-order valence-electron chi connectivity index (χ3n) is 4.55. The smallest absolute Gasteiger partial charge is 0.201 e. The highest BCUT2D eigenvalue weighted by molar-refractivity contribution is 5.94. The van der Waals surface area contributed by atoms with E-state index in [0.717, 1.165) is 29.6 Å². The Balaban J connectivity index is 1.74. The summed E-state index contributed by atoms with van der Waals surface area (Å²) in [6.45, 7) is 10.4. The Hall–Kier alpha value is -2.60. The van der Waals surface area contributed by atoms with E-state index in [9.17, 15) is 4.39 Å². The maximum absolute atomic E-state index is 13.2. The van der Waals surface area contributed by atoms with Crippen molar-refractivity contribution in [2.24, 2.45) is 4.99 Å². The van der Waals surface area contributed by atoms with Crippen molar-refractivity contribution >= 4 is 11.6 Å². The van der Waals surface area contributed by atoms with Gasteiger partial charge in [-0.3, -0.25) is 4.90 Å². The zero-order chi connectivity index (χ0) is 20.1. The lowest BCUT2D eigenvalue weighted by atomic mass is 10.2. The van der Waals surface area contributed by atoms with Crippen molar-refractivity contribution in [1.29, 1.82) is 0 Å². The number of hydrogen-bond donors (Lipinski definition) is 1. The number of halogens is 1. The lowest BCUT2D eigenvalue weighted by Gasteiger charge is -2.38. The molecule has 5 nitrogen and oxygen atoms in total. The average molecular weight is 384 g/mol. The molecule has 0 saturated carbocycles. The summed E-state index contributed by atoms with van der Waals surface area (Å²) in [4.78, 5) is 9.21. The van der Waals surface area contributed by atoms with Gasteiger partial charge in [-0.2, -0.15) is 0 Å². The van der Waals surface area contributed by atoms with Gasteiger partial charge in [0.25, 0.3) is 0 Å². The zero-order valence-corrected chi connectivity index (χ0v) is 17.0. The topological polar surface area (TPSA) is 40.1 Å². The van der Waals surface area contributed by atoms with E-state index in [0.29, 0.717) is 19.3 Å². The van der Waals surface area contributed by atoms with Gasteiger partial charge < -0.3 is 15.0 Å². The molecule has 0 radical (unpaired) electrons. The van der Waals surface area contributed by atoms with Gasteiger partial charge in [0.1, 0.15) is 11.6 Å². The van der Waals surface area contributed by atoms with Crippen LogP contribution in [-0.2, 0) is 6.54 Å². The van der Waals surface area contributed by atoms with E-state index in [1.165, 1.54) is 12.1 Å². The van der Waals surface area contributed by atoms with Crippen LogP contribution in [0.4, 0.5) is 10.1 Å². The van der Waals surface area contributed by atoms with Crippen molar-refractivity contribution < 1.29 is 9.13 Å². The maximum Gasteiger partial charge on any atom is 0.201 e. The summed E-state index contributed by atoms with van der Waals surface area (Å²) in [6, 6.07) is 14.9. The van der Waals surface area contributed by atoms with Gasteiger partial charge in [0.15, 0.2) is 0 Å². The number of benzene rings is 2. The summed E-state index contributed by atoms with van der Waals surface area (Å²) in [7, 11) is 0. The first-order valence-electron chi connectivity index (χ1n) is 9.72. The molecule has 0 amide bonds. The Bertz CT molecular complexity index is 787. The van der Waals surface area contributed by atoms with Crippen molar-refractivity contribution in [3.05, 3.63) is 59.9 Å².